The van der Waals surface area contributed by atoms with Gasteiger partial charge in [0, 0.05) is 12.1 Å². The molecular formula is C18H15FN2O4. The van der Waals surface area contributed by atoms with Gasteiger partial charge in [0.1, 0.15) is 11.3 Å². The topological polar surface area (TPSA) is 72.6 Å². The van der Waals surface area contributed by atoms with Crippen molar-refractivity contribution in [3.63, 3.8) is 0 Å². The Balaban J connectivity index is 1.94. The van der Waals surface area contributed by atoms with E-state index in [9.17, 15) is 14.0 Å². The Labute approximate surface area is 142 Å². The summed E-state index contributed by atoms with van der Waals surface area (Å²) in [5.41, 5.74) is 1.37. The summed E-state index contributed by atoms with van der Waals surface area (Å²) in [6, 6.07) is 12.3. The van der Waals surface area contributed by atoms with Crippen LogP contribution in [0.2, 0.25) is 0 Å². The number of fused-ring (bicyclic) bond motifs is 1. The van der Waals surface area contributed by atoms with Gasteiger partial charge in [0.2, 0.25) is 0 Å². The van der Waals surface area contributed by atoms with Gasteiger partial charge in [0.25, 0.3) is 5.91 Å². The zero-order valence-corrected chi connectivity index (χ0v) is 13.4. The van der Waals surface area contributed by atoms with Crippen LogP contribution in [0.25, 0.3) is 11.1 Å². The summed E-state index contributed by atoms with van der Waals surface area (Å²) in [5, 5.41) is 0. The van der Waals surface area contributed by atoms with Gasteiger partial charge in [-0.25, -0.2) is 4.39 Å². The second-order valence-corrected chi connectivity index (χ2v) is 5.25. The summed E-state index contributed by atoms with van der Waals surface area (Å²) in [5.74, 6) is -1.36. The predicted molar refractivity (Wildman–Crippen MR) is 88.7 cm³/mol. The summed E-state index contributed by atoms with van der Waals surface area (Å²) in [4.78, 5) is 29.8. The quantitative estimate of drug-likeness (QED) is 0.666. The average Bonchev–Trinajstić information content (AvgIpc) is 3.05. The Morgan fingerprint density at radius 2 is 1.88 bits per heavy atom. The highest BCUT2D eigenvalue weighted by atomic mass is 19.1. The van der Waals surface area contributed by atoms with Gasteiger partial charge in [-0.15, -0.1) is 0 Å². The molecule has 0 aliphatic carbocycles. The lowest BCUT2D eigenvalue weighted by atomic mass is 10.2. The molecule has 1 amide bonds. The molecule has 0 spiro atoms. The zero-order valence-electron chi connectivity index (χ0n) is 13.4. The van der Waals surface area contributed by atoms with Gasteiger partial charge in [-0.1, -0.05) is 12.1 Å². The predicted octanol–water partition coefficient (Wildman–Crippen LogP) is 3.18. The van der Waals surface area contributed by atoms with E-state index < -0.39 is 17.7 Å². The number of aromatic nitrogens is 1. The molecule has 2 aromatic carbocycles. The van der Waals surface area contributed by atoms with E-state index in [0.717, 1.165) is 0 Å². The van der Waals surface area contributed by atoms with Crippen LogP contribution in [-0.2, 0) is 9.53 Å². The molecule has 1 aromatic heterocycles. The van der Waals surface area contributed by atoms with E-state index in [1.165, 1.54) is 36.3 Å². The average molecular weight is 342 g/mol. The summed E-state index contributed by atoms with van der Waals surface area (Å²) in [6.45, 7) is 0.0235. The van der Waals surface area contributed by atoms with Crippen LogP contribution in [0.4, 0.5) is 10.4 Å². The highest BCUT2D eigenvalue weighted by Crippen LogP contribution is 2.23. The molecule has 3 rings (SSSR count). The van der Waals surface area contributed by atoms with E-state index in [4.69, 9.17) is 4.42 Å². The highest BCUT2D eigenvalue weighted by Gasteiger charge is 2.23. The number of hydrogen-bond donors (Lipinski definition) is 0. The molecule has 25 heavy (non-hydrogen) atoms. The van der Waals surface area contributed by atoms with E-state index in [1.807, 2.05) is 0 Å². The third-order valence-electron chi connectivity index (χ3n) is 3.62. The Morgan fingerprint density at radius 3 is 2.56 bits per heavy atom. The molecule has 3 aromatic rings. The van der Waals surface area contributed by atoms with Crippen LogP contribution in [0.3, 0.4) is 0 Å². The van der Waals surface area contributed by atoms with Crippen molar-refractivity contribution >= 4 is 29.0 Å². The summed E-state index contributed by atoms with van der Waals surface area (Å²) in [6.07, 6.45) is -0.0256. The number of benzene rings is 2. The lowest BCUT2D eigenvalue weighted by Gasteiger charge is -2.18. The van der Waals surface area contributed by atoms with E-state index >= 15 is 0 Å². The fraction of sp³-hybridized carbons (Fsp3) is 0.167. The van der Waals surface area contributed by atoms with Crippen molar-refractivity contribution in [1.29, 1.82) is 0 Å². The minimum atomic E-state index is -0.465. The van der Waals surface area contributed by atoms with Gasteiger partial charge < -0.3 is 9.15 Å². The third kappa shape index (κ3) is 3.65. The molecule has 0 aliphatic heterocycles. The fourth-order valence-corrected chi connectivity index (χ4v) is 2.31. The SMILES string of the molecule is COC(=O)CCN(C(=O)c1ccc(F)cc1)c1nc2ccccc2o1. The van der Waals surface area contributed by atoms with Gasteiger partial charge in [-0.2, -0.15) is 4.98 Å². The van der Waals surface area contributed by atoms with Crippen molar-refractivity contribution in [2.75, 3.05) is 18.6 Å². The van der Waals surface area contributed by atoms with Gasteiger partial charge in [-0.05, 0) is 36.4 Å². The molecule has 1 heterocycles. The number of carbonyl (C=O) groups excluding carboxylic acids is 2. The Kier molecular flexibility index (Phi) is 4.74. The lowest BCUT2D eigenvalue weighted by molar-refractivity contribution is -0.140. The Morgan fingerprint density at radius 1 is 1.16 bits per heavy atom. The normalized spacial score (nSPS) is 10.6. The molecule has 128 valence electrons. The second kappa shape index (κ2) is 7.12. The maximum atomic E-state index is 13.1. The highest BCUT2D eigenvalue weighted by molar-refractivity contribution is 6.05. The summed E-state index contributed by atoms with van der Waals surface area (Å²) in [7, 11) is 1.27. The summed E-state index contributed by atoms with van der Waals surface area (Å²) < 4.78 is 23.3. The number of carbonyl (C=O) groups is 2. The van der Waals surface area contributed by atoms with Crippen LogP contribution < -0.4 is 4.90 Å². The van der Waals surface area contributed by atoms with Gasteiger partial charge in [0.05, 0.1) is 13.5 Å². The number of anilines is 1. The maximum Gasteiger partial charge on any atom is 0.307 e. The third-order valence-corrected chi connectivity index (χ3v) is 3.62. The minimum Gasteiger partial charge on any atom is -0.469 e. The van der Waals surface area contributed by atoms with Gasteiger partial charge in [0.15, 0.2) is 5.58 Å². The van der Waals surface area contributed by atoms with Gasteiger partial charge in [-0.3, -0.25) is 14.5 Å². The maximum absolute atomic E-state index is 13.1. The van der Waals surface area contributed by atoms with Crippen LogP contribution >= 0.6 is 0 Å². The first kappa shape index (κ1) is 16.6. The molecular weight excluding hydrogens is 327 g/mol. The monoisotopic (exact) mass is 342 g/mol. The molecule has 0 saturated heterocycles. The summed E-state index contributed by atoms with van der Waals surface area (Å²) >= 11 is 0. The molecule has 0 fully saturated rings. The molecule has 0 atom stereocenters. The standard InChI is InChI=1S/C18H15FN2O4/c1-24-16(22)10-11-21(17(23)12-6-8-13(19)9-7-12)18-20-14-4-2-3-5-15(14)25-18/h2-9H,10-11H2,1H3. The fourth-order valence-electron chi connectivity index (χ4n) is 2.31. The molecule has 0 unspecified atom stereocenters. The van der Waals surface area contributed by atoms with Crippen molar-refractivity contribution in [3.05, 3.63) is 59.9 Å². The number of hydrogen-bond acceptors (Lipinski definition) is 5. The van der Waals surface area contributed by atoms with Crippen LogP contribution in [0.5, 0.6) is 0 Å². The molecule has 0 bridgehead atoms. The van der Waals surface area contributed by atoms with Crippen LogP contribution in [0, 0.1) is 5.82 Å². The Hall–Kier alpha value is -3.22. The number of oxazole rings is 1. The number of esters is 1. The first-order valence-corrected chi connectivity index (χ1v) is 7.58. The molecule has 0 saturated carbocycles. The number of halogens is 1. The molecule has 7 heteroatoms. The van der Waals surface area contributed by atoms with Crippen LogP contribution in [-0.4, -0.2) is 30.5 Å². The molecule has 6 nitrogen and oxygen atoms in total. The number of amides is 1. The first-order chi connectivity index (χ1) is 12.1. The van der Waals surface area contributed by atoms with E-state index in [0.29, 0.717) is 11.1 Å². The van der Waals surface area contributed by atoms with Gasteiger partial charge >= 0.3 is 12.0 Å². The van der Waals surface area contributed by atoms with Crippen molar-refractivity contribution < 1.29 is 23.1 Å². The largest absolute Gasteiger partial charge is 0.469 e. The van der Waals surface area contributed by atoms with Crippen molar-refractivity contribution in [2.24, 2.45) is 0 Å². The number of nitrogens with zero attached hydrogens (tertiary/aromatic N) is 2. The zero-order chi connectivity index (χ0) is 17.8. The number of rotatable bonds is 5. The number of ether oxygens (including phenoxy) is 1. The van der Waals surface area contributed by atoms with Crippen molar-refractivity contribution in [3.8, 4) is 0 Å². The van der Waals surface area contributed by atoms with Crippen LogP contribution in [0.1, 0.15) is 16.8 Å². The minimum absolute atomic E-state index is 0.0235. The molecule has 0 radical (unpaired) electrons. The number of para-hydroxylation sites is 2. The van der Waals surface area contributed by atoms with E-state index in [-0.39, 0.29) is 24.5 Å². The first-order valence-electron chi connectivity index (χ1n) is 7.58. The molecule has 0 aliphatic rings. The van der Waals surface area contributed by atoms with Crippen LogP contribution in [0.15, 0.2) is 52.9 Å². The van der Waals surface area contributed by atoms with E-state index in [2.05, 4.69) is 9.72 Å². The van der Waals surface area contributed by atoms with E-state index in [1.54, 1.807) is 24.3 Å². The second-order valence-electron chi connectivity index (χ2n) is 5.25. The smallest absolute Gasteiger partial charge is 0.307 e. The Bertz CT molecular complexity index is 872. The number of methoxy groups -OCH3 is 1. The van der Waals surface area contributed by atoms with Crippen molar-refractivity contribution in [1.82, 2.24) is 4.98 Å². The lowest BCUT2D eigenvalue weighted by Crippen LogP contribution is -2.33. The van der Waals surface area contributed by atoms with Crippen molar-refractivity contribution in [2.45, 2.75) is 6.42 Å². The molecule has 0 N–H and O–H groups in total.